The van der Waals surface area contributed by atoms with E-state index in [1.54, 1.807) is 19.1 Å². The second-order valence-electron chi connectivity index (χ2n) is 6.05. The van der Waals surface area contributed by atoms with E-state index in [-0.39, 0.29) is 17.3 Å². The lowest BCUT2D eigenvalue weighted by Crippen LogP contribution is -2.46. The number of hydrogen-bond donors (Lipinski definition) is 1. The molecule has 0 saturated carbocycles. The predicted molar refractivity (Wildman–Crippen MR) is 90.8 cm³/mol. The summed E-state index contributed by atoms with van der Waals surface area (Å²) >= 11 is 0. The van der Waals surface area contributed by atoms with Crippen LogP contribution < -0.4 is 4.72 Å². The standard InChI is InChI=1S/C15H22N2O5S2/c1-12-4-3-5-14(10-12)24(21,22)16-11-15(18)17-8-6-13(7-9-17)23(2,19)20/h3-5,10,13,16H,6-9,11H2,1-2H3. The molecule has 1 heterocycles. The summed E-state index contributed by atoms with van der Waals surface area (Å²) in [4.78, 5) is 13.8. The Morgan fingerprint density at radius 2 is 1.83 bits per heavy atom. The van der Waals surface area contributed by atoms with Gasteiger partial charge in [-0.05, 0) is 37.5 Å². The quantitative estimate of drug-likeness (QED) is 0.799. The Hall–Kier alpha value is -1.45. The number of piperidine rings is 1. The molecule has 0 radical (unpaired) electrons. The van der Waals surface area contributed by atoms with Gasteiger partial charge in [0.1, 0.15) is 9.84 Å². The van der Waals surface area contributed by atoms with Gasteiger partial charge >= 0.3 is 0 Å². The van der Waals surface area contributed by atoms with Crippen LogP contribution in [-0.4, -0.2) is 58.8 Å². The van der Waals surface area contributed by atoms with Crippen LogP contribution in [0.5, 0.6) is 0 Å². The van der Waals surface area contributed by atoms with E-state index in [1.807, 2.05) is 0 Å². The number of aryl methyl sites for hydroxylation is 1. The van der Waals surface area contributed by atoms with E-state index in [0.717, 1.165) is 5.56 Å². The summed E-state index contributed by atoms with van der Waals surface area (Å²) in [7, 11) is -6.84. The molecule has 2 rings (SSSR count). The van der Waals surface area contributed by atoms with Crippen LogP contribution in [0.25, 0.3) is 0 Å². The van der Waals surface area contributed by atoms with Crippen LogP contribution >= 0.6 is 0 Å². The minimum atomic E-state index is -3.74. The van der Waals surface area contributed by atoms with E-state index in [4.69, 9.17) is 0 Å². The summed E-state index contributed by atoms with van der Waals surface area (Å²) < 4.78 is 49.7. The Labute approximate surface area is 143 Å². The number of carbonyl (C=O) groups excluding carboxylic acids is 1. The first-order valence-corrected chi connectivity index (χ1v) is 11.1. The van der Waals surface area contributed by atoms with Gasteiger partial charge in [0.15, 0.2) is 0 Å². The fourth-order valence-electron chi connectivity index (χ4n) is 2.67. The molecule has 0 atom stereocenters. The topological polar surface area (TPSA) is 101 Å². The highest BCUT2D eigenvalue weighted by Gasteiger charge is 2.29. The molecule has 1 fully saturated rings. The van der Waals surface area contributed by atoms with Crippen molar-refractivity contribution in [3.63, 3.8) is 0 Å². The van der Waals surface area contributed by atoms with Gasteiger partial charge in [0.05, 0.1) is 16.7 Å². The minimum absolute atomic E-state index is 0.117. The predicted octanol–water partition coefficient (Wildman–Crippen LogP) is 0.309. The maximum Gasteiger partial charge on any atom is 0.241 e. The van der Waals surface area contributed by atoms with Crippen molar-refractivity contribution in [2.24, 2.45) is 0 Å². The molecule has 1 aliphatic heterocycles. The van der Waals surface area contributed by atoms with E-state index < -0.39 is 25.1 Å². The van der Waals surface area contributed by atoms with Gasteiger partial charge in [-0.2, -0.15) is 0 Å². The summed E-state index contributed by atoms with van der Waals surface area (Å²) in [6.45, 7) is 2.10. The number of rotatable bonds is 5. The van der Waals surface area contributed by atoms with E-state index in [0.29, 0.717) is 25.9 Å². The number of likely N-dealkylation sites (tertiary alicyclic amines) is 1. The largest absolute Gasteiger partial charge is 0.341 e. The van der Waals surface area contributed by atoms with Gasteiger partial charge in [0.2, 0.25) is 15.9 Å². The van der Waals surface area contributed by atoms with Crippen LogP contribution in [0.2, 0.25) is 0 Å². The second-order valence-corrected chi connectivity index (χ2v) is 10.1. The van der Waals surface area contributed by atoms with Gasteiger partial charge in [0, 0.05) is 19.3 Å². The van der Waals surface area contributed by atoms with Crippen molar-refractivity contribution in [1.82, 2.24) is 9.62 Å². The van der Waals surface area contributed by atoms with Crippen LogP contribution in [0.15, 0.2) is 29.2 Å². The highest BCUT2D eigenvalue weighted by Crippen LogP contribution is 2.17. The summed E-state index contributed by atoms with van der Waals surface area (Å²) in [6, 6.07) is 6.43. The van der Waals surface area contributed by atoms with E-state index in [1.165, 1.54) is 23.3 Å². The normalized spacial score (nSPS) is 17.0. The Balaban J connectivity index is 1.92. The Bertz CT molecular complexity index is 810. The third-order valence-corrected chi connectivity index (χ3v) is 7.19. The zero-order valence-corrected chi connectivity index (χ0v) is 15.4. The third-order valence-electron chi connectivity index (χ3n) is 4.11. The SMILES string of the molecule is Cc1cccc(S(=O)(=O)NCC(=O)N2CCC(S(C)(=O)=O)CC2)c1. The highest BCUT2D eigenvalue weighted by molar-refractivity contribution is 7.91. The van der Waals surface area contributed by atoms with Crippen LogP contribution in [-0.2, 0) is 24.7 Å². The molecular formula is C15H22N2O5S2. The van der Waals surface area contributed by atoms with E-state index in [2.05, 4.69) is 4.72 Å². The number of hydrogen-bond acceptors (Lipinski definition) is 5. The zero-order valence-electron chi connectivity index (χ0n) is 13.7. The zero-order chi connectivity index (χ0) is 18.0. The summed E-state index contributed by atoms with van der Waals surface area (Å²) in [5.74, 6) is -0.349. The number of sulfonamides is 1. The number of nitrogens with zero attached hydrogens (tertiary/aromatic N) is 1. The molecule has 1 N–H and O–H groups in total. The second kappa shape index (κ2) is 7.20. The van der Waals surface area contributed by atoms with Gasteiger partial charge < -0.3 is 4.90 Å². The minimum Gasteiger partial charge on any atom is -0.341 e. The lowest BCUT2D eigenvalue weighted by Gasteiger charge is -2.31. The van der Waals surface area contributed by atoms with Crippen LogP contribution in [0, 0.1) is 6.92 Å². The first-order valence-electron chi connectivity index (χ1n) is 7.62. The van der Waals surface area contributed by atoms with Crippen molar-refractivity contribution in [3.05, 3.63) is 29.8 Å². The summed E-state index contributed by atoms with van der Waals surface area (Å²) in [5.41, 5.74) is 0.812. The Morgan fingerprint density at radius 1 is 1.21 bits per heavy atom. The van der Waals surface area contributed by atoms with Gasteiger partial charge in [-0.15, -0.1) is 0 Å². The average Bonchev–Trinajstić information content (AvgIpc) is 2.52. The maximum atomic E-state index is 12.2. The molecule has 1 aromatic rings. The molecule has 0 aliphatic carbocycles. The van der Waals surface area contributed by atoms with Crippen LogP contribution in [0.3, 0.4) is 0 Å². The molecule has 134 valence electrons. The monoisotopic (exact) mass is 374 g/mol. The van der Waals surface area contributed by atoms with Crippen molar-refractivity contribution in [2.45, 2.75) is 29.9 Å². The van der Waals surface area contributed by atoms with E-state index >= 15 is 0 Å². The summed E-state index contributed by atoms with van der Waals surface area (Å²) in [6.07, 6.45) is 1.97. The number of nitrogens with one attached hydrogen (secondary N) is 1. The molecule has 0 bridgehead atoms. The molecule has 1 saturated heterocycles. The average molecular weight is 374 g/mol. The fourth-order valence-corrected chi connectivity index (χ4v) is 4.81. The molecule has 1 aromatic carbocycles. The molecule has 0 unspecified atom stereocenters. The van der Waals surface area contributed by atoms with Gasteiger partial charge in [-0.1, -0.05) is 12.1 Å². The fraction of sp³-hybridized carbons (Fsp3) is 0.533. The molecular weight excluding hydrogens is 352 g/mol. The van der Waals surface area contributed by atoms with Gasteiger partial charge in [-0.3, -0.25) is 4.79 Å². The van der Waals surface area contributed by atoms with Crippen molar-refractivity contribution in [3.8, 4) is 0 Å². The molecule has 7 nitrogen and oxygen atoms in total. The van der Waals surface area contributed by atoms with E-state index in [9.17, 15) is 21.6 Å². The van der Waals surface area contributed by atoms with Crippen molar-refractivity contribution < 1.29 is 21.6 Å². The first-order chi connectivity index (χ1) is 11.1. The maximum absolute atomic E-state index is 12.2. The third kappa shape index (κ3) is 4.78. The lowest BCUT2D eigenvalue weighted by molar-refractivity contribution is -0.130. The number of amides is 1. The highest BCUT2D eigenvalue weighted by atomic mass is 32.2. The Morgan fingerprint density at radius 3 is 2.38 bits per heavy atom. The molecule has 1 aliphatic rings. The van der Waals surface area contributed by atoms with Gasteiger partial charge in [0.25, 0.3) is 0 Å². The van der Waals surface area contributed by atoms with Crippen LogP contribution in [0.4, 0.5) is 0 Å². The number of sulfone groups is 1. The smallest absolute Gasteiger partial charge is 0.241 e. The molecule has 9 heteroatoms. The Kier molecular flexibility index (Phi) is 5.67. The van der Waals surface area contributed by atoms with Crippen molar-refractivity contribution in [2.75, 3.05) is 25.9 Å². The summed E-state index contributed by atoms with van der Waals surface area (Å²) in [5, 5.41) is -0.425. The van der Waals surface area contributed by atoms with Crippen molar-refractivity contribution in [1.29, 1.82) is 0 Å². The molecule has 0 aromatic heterocycles. The lowest BCUT2D eigenvalue weighted by atomic mass is 10.1. The molecule has 1 amide bonds. The first kappa shape index (κ1) is 18.9. The van der Waals surface area contributed by atoms with Gasteiger partial charge in [-0.25, -0.2) is 21.6 Å². The molecule has 24 heavy (non-hydrogen) atoms. The van der Waals surface area contributed by atoms with Crippen LogP contribution in [0.1, 0.15) is 18.4 Å². The molecule has 0 spiro atoms. The number of benzene rings is 1. The van der Waals surface area contributed by atoms with Crippen molar-refractivity contribution >= 4 is 25.8 Å². The number of carbonyl (C=O) groups is 1.